The third kappa shape index (κ3) is 4.46. The van der Waals surface area contributed by atoms with Crippen LogP contribution in [0.3, 0.4) is 0 Å². The van der Waals surface area contributed by atoms with Crippen molar-refractivity contribution in [3.8, 4) is 11.5 Å². The van der Waals surface area contributed by atoms with Gasteiger partial charge >= 0.3 is 0 Å². The molecule has 1 aromatic carbocycles. The van der Waals surface area contributed by atoms with Crippen molar-refractivity contribution < 1.29 is 14.9 Å². The Hall–Kier alpha value is -1.56. The molecule has 114 valence electrons. The zero-order valence-electron chi connectivity index (χ0n) is 12.2. The van der Waals surface area contributed by atoms with Crippen molar-refractivity contribution in [3.05, 3.63) is 46.2 Å². The molecule has 0 spiro atoms. The normalized spacial score (nSPS) is 13.9. The number of phenolic OH excluding ortho intramolecular Hbond substituents is 1. The van der Waals surface area contributed by atoms with Gasteiger partial charge in [0.05, 0.1) is 13.2 Å². The van der Waals surface area contributed by atoms with Crippen LogP contribution in [0, 0.1) is 0 Å². The molecule has 5 heteroatoms. The van der Waals surface area contributed by atoms with Crippen LogP contribution in [-0.2, 0) is 6.54 Å². The third-order valence-corrected chi connectivity index (χ3v) is 4.35. The summed E-state index contributed by atoms with van der Waals surface area (Å²) < 4.78 is 5.15. The Kier molecular flexibility index (Phi) is 5.61. The summed E-state index contributed by atoms with van der Waals surface area (Å²) in [5.74, 6) is 0.963. The van der Waals surface area contributed by atoms with E-state index in [1.165, 1.54) is 0 Å². The van der Waals surface area contributed by atoms with Crippen molar-refractivity contribution in [2.75, 3.05) is 7.11 Å². The van der Waals surface area contributed by atoms with E-state index in [-0.39, 0.29) is 11.8 Å². The van der Waals surface area contributed by atoms with Gasteiger partial charge in [-0.1, -0.05) is 6.07 Å². The summed E-state index contributed by atoms with van der Waals surface area (Å²) in [5.41, 5.74) is 0.784. The molecular weight excluding hydrogens is 286 g/mol. The Morgan fingerprint density at radius 1 is 1.33 bits per heavy atom. The smallest absolute Gasteiger partial charge is 0.120 e. The van der Waals surface area contributed by atoms with E-state index in [9.17, 15) is 10.2 Å². The first-order chi connectivity index (χ1) is 10.1. The summed E-state index contributed by atoms with van der Waals surface area (Å²) in [5, 5.41) is 25.2. The lowest BCUT2D eigenvalue weighted by Gasteiger charge is -2.18. The number of rotatable bonds is 7. The van der Waals surface area contributed by atoms with Crippen LogP contribution < -0.4 is 10.1 Å². The lowest BCUT2D eigenvalue weighted by Crippen LogP contribution is -2.27. The molecular formula is C16H21NO3S. The Bertz CT molecular complexity index is 557. The highest BCUT2D eigenvalue weighted by molar-refractivity contribution is 7.10. The standard InChI is InChI=1S/C16H21NO3S/c1-11(8-15(19)16-4-3-7-21-16)17-10-12-9-13(20-2)5-6-14(12)18/h3-7,9,11,15,17-19H,8,10H2,1-2H3. The van der Waals surface area contributed by atoms with Crippen LogP contribution >= 0.6 is 11.3 Å². The van der Waals surface area contributed by atoms with Gasteiger partial charge in [0, 0.05) is 23.0 Å². The SMILES string of the molecule is COc1ccc(O)c(CNC(C)CC(O)c2cccs2)c1. The van der Waals surface area contributed by atoms with Crippen LogP contribution in [0.2, 0.25) is 0 Å². The summed E-state index contributed by atoms with van der Waals surface area (Å²) in [6, 6.07) is 9.17. The number of benzene rings is 1. The van der Waals surface area contributed by atoms with Crippen molar-refractivity contribution in [3.63, 3.8) is 0 Å². The third-order valence-electron chi connectivity index (χ3n) is 3.38. The Morgan fingerprint density at radius 3 is 2.81 bits per heavy atom. The van der Waals surface area contributed by atoms with Gasteiger partial charge in [0.25, 0.3) is 0 Å². The van der Waals surface area contributed by atoms with Crippen LogP contribution in [0.15, 0.2) is 35.7 Å². The topological polar surface area (TPSA) is 61.7 Å². The molecule has 0 fully saturated rings. The number of nitrogens with one attached hydrogen (secondary N) is 1. The van der Waals surface area contributed by atoms with Gasteiger partial charge in [-0.2, -0.15) is 0 Å². The van der Waals surface area contributed by atoms with E-state index in [4.69, 9.17) is 4.74 Å². The molecule has 0 saturated heterocycles. The molecule has 4 nitrogen and oxygen atoms in total. The Labute approximate surface area is 129 Å². The van der Waals surface area contributed by atoms with Gasteiger partial charge < -0.3 is 20.3 Å². The fourth-order valence-corrected chi connectivity index (χ4v) is 2.85. The molecule has 2 unspecified atom stereocenters. The zero-order chi connectivity index (χ0) is 15.2. The number of aromatic hydroxyl groups is 1. The zero-order valence-corrected chi connectivity index (χ0v) is 13.1. The van der Waals surface area contributed by atoms with Gasteiger partial charge in [-0.25, -0.2) is 0 Å². The number of hydrogen-bond acceptors (Lipinski definition) is 5. The number of thiophene rings is 1. The molecule has 0 bridgehead atoms. The maximum Gasteiger partial charge on any atom is 0.120 e. The fourth-order valence-electron chi connectivity index (χ4n) is 2.13. The lowest BCUT2D eigenvalue weighted by molar-refractivity contribution is 0.157. The number of hydrogen-bond donors (Lipinski definition) is 3. The number of phenols is 1. The molecule has 2 atom stereocenters. The van der Waals surface area contributed by atoms with Crippen molar-refractivity contribution in [1.82, 2.24) is 5.32 Å². The van der Waals surface area contributed by atoms with Crippen LogP contribution in [-0.4, -0.2) is 23.4 Å². The van der Waals surface area contributed by atoms with Gasteiger partial charge in [-0.15, -0.1) is 11.3 Å². The maximum atomic E-state index is 10.1. The van der Waals surface area contributed by atoms with E-state index in [1.807, 2.05) is 30.5 Å². The van der Waals surface area contributed by atoms with E-state index in [0.717, 1.165) is 16.2 Å². The molecule has 0 radical (unpaired) electrons. The van der Waals surface area contributed by atoms with E-state index in [2.05, 4.69) is 5.32 Å². The average molecular weight is 307 g/mol. The van der Waals surface area contributed by atoms with Crippen molar-refractivity contribution in [2.24, 2.45) is 0 Å². The van der Waals surface area contributed by atoms with Gasteiger partial charge in [0.2, 0.25) is 0 Å². The molecule has 0 aliphatic carbocycles. The summed E-state index contributed by atoms with van der Waals surface area (Å²) in [6.45, 7) is 2.55. The van der Waals surface area contributed by atoms with Gasteiger partial charge in [-0.05, 0) is 43.0 Å². The summed E-state index contributed by atoms with van der Waals surface area (Å²) in [4.78, 5) is 0.980. The molecule has 1 heterocycles. The number of ether oxygens (including phenoxy) is 1. The van der Waals surface area contributed by atoms with Crippen molar-refractivity contribution in [2.45, 2.75) is 32.0 Å². The van der Waals surface area contributed by atoms with Gasteiger partial charge in [0.1, 0.15) is 11.5 Å². The largest absolute Gasteiger partial charge is 0.508 e. The second-order valence-corrected chi connectivity index (χ2v) is 6.02. The highest BCUT2D eigenvalue weighted by atomic mass is 32.1. The first-order valence-corrected chi connectivity index (χ1v) is 7.79. The summed E-state index contributed by atoms with van der Waals surface area (Å²) >= 11 is 1.56. The molecule has 21 heavy (non-hydrogen) atoms. The molecule has 0 saturated carbocycles. The van der Waals surface area contributed by atoms with Crippen molar-refractivity contribution >= 4 is 11.3 Å². The molecule has 1 aromatic heterocycles. The molecule has 3 N–H and O–H groups in total. The molecule has 2 aromatic rings. The average Bonchev–Trinajstić information content (AvgIpc) is 3.00. The number of aliphatic hydroxyl groups is 1. The Morgan fingerprint density at radius 2 is 2.14 bits per heavy atom. The number of aliphatic hydroxyl groups excluding tert-OH is 1. The van der Waals surface area contributed by atoms with Gasteiger partial charge in [0.15, 0.2) is 0 Å². The predicted octanol–water partition coefficient (Wildman–Crippen LogP) is 3.06. The first-order valence-electron chi connectivity index (χ1n) is 6.91. The van der Waals surface area contributed by atoms with E-state index < -0.39 is 6.10 Å². The quantitative estimate of drug-likeness (QED) is 0.736. The molecule has 0 amide bonds. The predicted molar refractivity (Wildman–Crippen MR) is 84.9 cm³/mol. The molecule has 0 aliphatic heterocycles. The monoisotopic (exact) mass is 307 g/mol. The minimum Gasteiger partial charge on any atom is -0.508 e. The summed E-state index contributed by atoms with van der Waals surface area (Å²) in [7, 11) is 1.60. The number of methoxy groups -OCH3 is 1. The van der Waals surface area contributed by atoms with Crippen LogP contribution in [0.5, 0.6) is 11.5 Å². The second kappa shape index (κ2) is 7.45. The molecule has 2 rings (SSSR count). The fraction of sp³-hybridized carbons (Fsp3) is 0.375. The summed E-state index contributed by atoms with van der Waals surface area (Å²) in [6.07, 6.45) is 0.178. The minimum absolute atomic E-state index is 0.132. The Balaban J connectivity index is 1.87. The van der Waals surface area contributed by atoms with Crippen molar-refractivity contribution in [1.29, 1.82) is 0 Å². The minimum atomic E-state index is -0.452. The first kappa shape index (κ1) is 15.8. The van der Waals surface area contributed by atoms with E-state index >= 15 is 0 Å². The van der Waals surface area contributed by atoms with Crippen LogP contribution in [0.1, 0.15) is 29.9 Å². The maximum absolute atomic E-state index is 10.1. The highest BCUT2D eigenvalue weighted by Gasteiger charge is 2.13. The highest BCUT2D eigenvalue weighted by Crippen LogP contribution is 2.25. The van der Waals surface area contributed by atoms with E-state index in [1.54, 1.807) is 30.6 Å². The molecule has 0 aliphatic rings. The van der Waals surface area contributed by atoms with E-state index in [0.29, 0.717) is 13.0 Å². The van der Waals surface area contributed by atoms with Gasteiger partial charge in [-0.3, -0.25) is 0 Å². The van der Waals surface area contributed by atoms with Crippen LogP contribution in [0.4, 0.5) is 0 Å². The van der Waals surface area contributed by atoms with Crippen LogP contribution in [0.25, 0.3) is 0 Å². The lowest BCUT2D eigenvalue weighted by atomic mass is 10.1. The second-order valence-electron chi connectivity index (χ2n) is 5.04.